The first-order valence-electron chi connectivity index (χ1n) is 3.46. The van der Waals surface area contributed by atoms with E-state index >= 15 is 0 Å². The first-order valence-corrected chi connectivity index (χ1v) is 3.46. The summed E-state index contributed by atoms with van der Waals surface area (Å²) in [7, 11) is 0. The SMILES string of the molecule is O[C@@H]1CN(CC(F)F)C[C@H]1O. The van der Waals surface area contributed by atoms with E-state index in [1.54, 1.807) is 0 Å². The van der Waals surface area contributed by atoms with Crippen molar-refractivity contribution in [1.29, 1.82) is 0 Å². The summed E-state index contributed by atoms with van der Waals surface area (Å²) in [5, 5.41) is 17.9. The van der Waals surface area contributed by atoms with Gasteiger partial charge in [0, 0.05) is 13.1 Å². The third-order valence-electron chi connectivity index (χ3n) is 1.73. The number of likely N-dealkylation sites (tertiary alicyclic amines) is 1. The van der Waals surface area contributed by atoms with Crippen LogP contribution in [0.1, 0.15) is 0 Å². The molecule has 1 aliphatic rings. The molecule has 11 heavy (non-hydrogen) atoms. The molecule has 0 aliphatic carbocycles. The molecule has 0 aromatic heterocycles. The van der Waals surface area contributed by atoms with Crippen LogP contribution in [0.25, 0.3) is 0 Å². The Morgan fingerprint density at radius 3 is 2.09 bits per heavy atom. The van der Waals surface area contributed by atoms with Crippen LogP contribution >= 0.6 is 0 Å². The van der Waals surface area contributed by atoms with Crippen molar-refractivity contribution in [2.75, 3.05) is 19.6 Å². The van der Waals surface area contributed by atoms with Crippen LogP contribution in [0.4, 0.5) is 8.78 Å². The van der Waals surface area contributed by atoms with Gasteiger partial charge in [0.25, 0.3) is 6.43 Å². The number of nitrogens with zero attached hydrogens (tertiary/aromatic N) is 1. The highest BCUT2D eigenvalue weighted by atomic mass is 19.3. The molecule has 0 saturated carbocycles. The Morgan fingerprint density at radius 2 is 1.73 bits per heavy atom. The predicted octanol–water partition coefficient (Wildman–Crippen LogP) is -0.711. The summed E-state index contributed by atoms with van der Waals surface area (Å²) in [6, 6.07) is 0. The van der Waals surface area contributed by atoms with Crippen molar-refractivity contribution >= 4 is 0 Å². The van der Waals surface area contributed by atoms with Gasteiger partial charge < -0.3 is 10.2 Å². The minimum absolute atomic E-state index is 0.144. The molecule has 1 aliphatic heterocycles. The van der Waals surface area contributed by atoms with E-state index < -0.39 is 18.6 Å². The fourth-order valence-electron chi connectivity index (χ4n) is 1.19. The first-order chi connectivity index (χ1) is 5.09. The molecule has 0 radical (unpaired) electrons. The Morgan fingerprint density at radius 1 is 1.27 bits per heavy atom. The fourth-order valence-corrected chi connectivity index (χ4v) is 1.19. The summed E-state index contributed by atoms with van der Waals surface area (Å²) in [6.45, 7) is -0.0782. The van der Waals surface area contributed by atoms with Gasteiger partial charge in [-0.05, 0) is 0 Å². The van der Waals surface area contributed by atoms with E-state index in [1.165, 1.54) is 4.90 Å². The van der Waals surface area contributed by atoms with Crippen molar-refractivity contribution in [3.63, 3.8) is 0 Å². The Kier molecular flexibility index (Phi) is 2.75. The van der Waals surface area contributed by atoms with Crippen molar-refractivity contribution < 1.29 is 19.0 Å². The van der Waals surface area contributed by atoms with Crippen molar-refractivity contribution in [3.8, 4) is 0 Å². The van der Waals surface area contributed by atoms with Gasteiger partial charge >= 0.3 is 0 Å². The van der Waals surface area contributed by atoms with Gasteiger partial charge in [-0.25, -0.2) is 8.78 Å². The maximum atomic E-state index is 11.7. The van der Waals surface area contributed by atoms with Gasteiger partial charge in [0.05, 0.1) is 18.8 Å². The molecule has 0 unspecified atom stereocenters. The lowest BCUT2D eigenvalue weighted by atomic mass is 10.3. The summed E-state index contributed by atoms with van der Waals surface area (Å²) in [6.07, 6.45) is -4.13. The average molecular weight is 167 g/mol. The van der Waals surface area contributed by atoms with Gasteiger partial charge in [-0.15, -0.1) is 0 Å². The molecular formula is C6H11F2NO2. The third kappa shape index (κ3) is 2.36. The van der Waals surface area contributed by atoms with Crippen LogP contribution in [0, 0.1) is 0 Å². The molecule has 1 saturated heterocycles. The average Bonchev–Trinajstić information content (AvgIpc) is 2.10. The predicted molar refractivity (Wildman–Crippen MR) is 34.5 cm³/mol. The van der Waals surface area contributed by atoms with Crippen LogP contribution in [0.15, 0.2) is 0 Å². The maximum Gasteiger partial charge on any atom is 0.251 e. The number of aliphatic hydroxyl groups is 2. The zero-order chi connectivity index (χ0) is 8.43. The smallest absolute Gasteiger partial charge is 0.251 e. The fraction of sp³-hybridized carbons (Fsp3) is 1.00. The van der Waals surface area contributed by atoms with Crippen LogP contribution in [0.2, 0.25) is 0 Å². The highest BCUT2D eigenvalue weighted by Gasteiger charge is 2.30. The maximum absolute atomic E-state index is 11.7. The van der Waals surface area contributed by atoms with E-state index in [-0.39, 0.29) is 19.6 Å². The molecule has 0 aromatic carbocycles. The Bertz CT molecular complexity index is 121. The summed E-state index contributed by atoms with van der Waals surface area (Å²) >= 11 is 0. The van der Waals surface area contributed by atoms with Gasteiger partial charge in [-0.1, -0.05) is 0 Å². The van der Waals surface area contributed by atoms with E-state index in [4.69, 9.17) is 10.2 Å². The zero-order valence-electron chi connectivity index (χ0n) is 5.95. The van der Waals surface area contributed by atoms with Crippen LogP contribution in [0.5, 0.6) is 0 Å². The summed E-state index contributed by atoms with van der Waals surface area (Å²) in [5.41, 5.74) is 0. The molecule has 1 rings (SSSR count). The second-order valence-corrected chi connectivity index (χ2v) is 2.74. The van der Waals surface area contributed by atoms with Crippen molar-refractivity contribution in [1.82, 2.24) is 4.90 Å². The number of halogens is 2. The van der Waals surface area contributed by atoms with Crippen LogP contribution < -0.4 is 0 Å². The third-order valence-corrected chi connectivity index (χ3v) is 1.73. The monoisotopic (exact) mass is 167 g/mol. The highest BCUT2D eigenvalue weighted by molar-refractivity contribution is 4.83. The number of hydrogen-bond acceptors (Lipinski definition) is 3. The Labute approximate surface area is 63.2 Å². The first kappa shape index (κ1) is 8.83. The summed E-state index contributed by atoms with van der Waals surface area (Å²) < 4.78 is 23.5. The van der Waals surface area contributed by atoms with E-state index in [2.05, 4.69) is 0 Å². The molecular weight excluding hydrogens is 156 g/mol. The molecule has 2 atom stereocenters. The largest absolute Gasteiger partial charge is 0.389 e. The topological polar surface area (TPSA) is 43.7 Å². The molecule has 1 fully saturated rings. The quantitative estimate of drug-likeness (QED) is 0.571. The molecule has 0 spiro atoms. The molecule has 0 amide bonds. The van der Waals surface area contributed by atoms with Gasteiger partial charge in [0.15, 0.2) is 0 Å². The van der Waals surface area contributed by atoms with Crippen LogP contribution in [-0.4, -0.2) is 53.4 Å². The second-order valence-electron chi connectivity index (χ2n) is 2.74. The lowest BCUT2D eigenvalue weighted by molar-refractivity contribution is 0.0572. The van der Waals surface area contributed by atoms with Crippen LogP contribution in [-0.2, 0) is 0 Å². The molecule has 1 heterocycles. The van der Waals surface area contributed by atoms with Gasteiger partial charge in [-0.2, -0.15) is 0 Å². The minimum Gasteiger partial charge on any atom is -0.389 e. The normalized spacial score (nSPS) is 33.5. The number of alkyl halides is 2. The molecule has 0 bridgehead atoms. The lowest BCUT2D eigenvalue weighted by Crippen LogP contribution is -2.27. The standard InChI is InChI=1S/C6H11F2NO2/c7-6(8)3-9-1-4(10)5(11)2-9/h4-6,10-11H,1-3H2/t4-,5-/m1/s1. The van der Waals surface area contributed by atoms with E-state index in [0.29, 0.717) is 0 Å². The van der Waals surface area contributed by atoms with Crippen molar-refractivity contribution in [2.45, 2.75) is 18.6 Å². The summed E-state index contributed by atoms with van der Waals surface area (Å²) in [4.78, 5) is 1.35. The van der Waals surface area contributed by atoms with Crippen molar-refractivity contribution in [3.05, 3.63) is 0 Å². The van der Waals surface area contributed by atoms with Gasteiger partial charge in [-0.3, -0.25) is 4.90 Å². The van der Waals surface area contributed by atoms with Crippen molar-refractivity contribution in [2.24, 2.45) is 0 Å². The number of hydrogen-bond donors (Lipinski definition) is 2. The number of β-amino-alcohol motifs (C(OH)–C–C–N with tert-alkyl or cyclic N) is 2. The second kappa shape index (κ2) is 3.42. The zero-order valence-corrected chi connectivity index (χ0v) is 5.95. The Balaban J connectivity index is 2.29. The number of aliphatic hydroxyl groups excluding tert-OH is 2. The minimum atomic E-state index is -2.40. The molecule has 3 nitrogen and oxygen atoms in total. The lowest BCUT2D eigenvalue weighted by Gasteiger charge is -2.12. The van der Waals surface area contributed by atoms with Crippen LogP contribution in [0.3, 0.4) is 0 Å². The van der Waals surface area contributed by atoms with E-state index in [1.807, 2.05) is 0 Å². The molecule has 2 N–H and O–H groups in total. The molecule has 0 aromatic rings. The van der Waals surface area contributed by atoms with E-state index in [0.717, 1.165) is 0 Å². The van der Waals surface area contributed by atoms with Gasteiger partial charge in [0.2, 0.25) is 0 Å². The van der Waals surface area contributed by atoms with E-state index in [9.17, 15) is 8.78 Å². The number of rotatable bonds is 2. The molecule has 5 heteroatoms. The summed E-state index contributed by atoms with van der Waals surface area (Å²) in [5.74, 6) is 0. The Hall–Kier alpha value is -0.260. The highest BCUT2D eigenvalue weighted by Crippen LogP contribution is 2.11. The van der Waals surface area contributed by atoms with Gasteiger partial charge in [0.1, 0.15) is 0 Å². The molecule has 66 valence electrons.